The first-order chi connectivity index (χ1) is 12.7. The second-order valence-electron chi connectivity index (χ2n) is 6.55. The summed E-state index contributed by atoms with van der Waals surface area (Å²) in [6.45, 7) is 2.56. The Morgan fingerprint density at radius 2 is 2.12 bits per heavy atom. The number of nitrogens with zero attached hydrogens (tertiary/aromatic N) is 4. The molecule has 0 radical (unpaired) electrons. The number of halogens is 2. The SMILES string of the molecule is Fc1cccc(F)c1-c1csc(Cn2cc(CC3CCCNC3)nn2)n1. The molecule has 1 atom stereocenters. The first kappa shape index (κ1) is 17.2. The molecule has 0 aliphatic carbocycles. The first-order valence-electron chi connectivity index (χ1n) is 8.67. The summed E-state index contributed by atoms with van der Waals surface area (Å²) < 4.78 is 29.5. The molecular formula is C18H19F2N5S. The predicted molar refractivity (Wildman–Crippen MR) is 95.9 cm³/mol. The topological polar surface area (TPSA) is 55.6 Å². The molecule has 0 bridgehead atoms. The number of piperidine rings is 1. The first-order valence-corrected chi connectivity index (χ1v) is 9.55. The standard InChI is InChI=1S/C18H19F2N5S/c19-14-4-1-5-15(20)18(14)16-11-26-17(22-16)10-25-9-13(23-24-25)7-12-3-2-6-21-8-12/h1,4-5,9,11-12,21H,2-3,6-8,10H2. The Morgan fingerprint density at radius 3 is 2.88 bits per heavy atom. The van der Waals surface area contributed by atoms with E-state index in [9.17, 15) is 8.78 Å². The highest BCUT2D eigenvalue weighted by molar-refractivity contribution is 7.09. The molecule has 1 saturated heterocycles. The fourth-order valence-electron chi connectivity index (χ4n) is 3.28. The lowest BCUT2D eigenvalue weighted by molar-refractivity contribution is 0.373. The number of aromatic nitrogens is 4. The lowest BCUT2D eigenvalue weighted by Gasteiger charge is -2.21. The average Bonchev–Trinajstić information content (AvgIpc) is 3.26. The van der Waals surface area contributed by atoms with Crippen LogP contribution in [0.3, 0.4) is 0 Å². The van der Waals surface area contributed by atoms with Crippen LogP contribution in [0.1, 0.15) is 23.5 Å². The number of hydrogen-bond donors (Lipinski definition) is 1. The van der Waals surface area contributed by atoms with Crippen LogP contribution in [0, 0.1) is 17.6 Å². The lowest BCUT2D eigenvalue weighted by Crippen LogP contribution is -2.30. The molecule has 1 aromatic carbocycles. The maximum atomic E-state index is 13.9. The Bertz CT molecular complexity index is 865. The molecule has 4 rings (SSSR count). The summed E-state index contributed by atoms with van der Waals surface area (Å²) in [6.07, 6.45) is 5.26. The molecular weight excluding hydrogens is 356 g/mol. The molecule has 3 aromatic rings. The summed E-state index contributed by atoms with van der Waals surface area (Å²) in [6, 6.07) is 3.82. The monoisotopic (exact) mass is 375 g/mol. The van der Waals surface area contributed by atoms with Crippen molar-refractivity contribution in [3.05, 3.63) is 52.1 Å². The van der Waals surface area contributed by atoms with Gasteiger partial charge in [-0.3, -0.25) is 0 Å². The predicted octanol–water partition coefficient (Wildman–Crippen LogP) is 3.27. The quantitative estimate of drug-likeness (QED) is 0.744. The van der Waals surface area contributed by atoms with Crippen LogP contribution < -0.4 is 5.32 Å². The van der Waals surface area contributed by atoms with Gasteiger partial charge in [0.15, 0.2) is 0 Å². The average molecular weight is 375 g/mol. The van der Waals surface area contributed by atoms with Crippen molar-refractivity contribution in [2.75, 3.05) is 13.1 Å². The van der Waals surface area contributed by atoms with E-state index in [2.05, 4.69) is 20.6 Å². The van der Waals surface area contributed by atoms with Crippen LogP contribution in [0.4, 0.5) is 8.78 Å². The van der Waals surface area contributed by atoms with E-state index in [0.29, 0.717) is 18.2 Å². The summed E-state index contributed by atoms with van der Waals surface area (Å²) >= 11 is 1.36. The largest absolute Gasteiger partial charge is 0.316 e. The van der Waals surface area contributed by atoms with E-state index in [-0.39, 0.29) is 5.56 Å². The smallest absolute Gasteiger partial charge is 0.135 e. The molecule has 3 heterocycles. The molecule has 2 aromatic heterocycles. The molecule has 1 aliphatic rings. The molecule has 0 saturated carbocycles. The number of thiazole rings is 1. The molecule has 1 unspecified atom stereocenters. The van der Waals surface area contributed by atoms with Crippen LogP contribution in [-0.4, -0.2) is 33.1 Å². The van der Waals surface area contributed by atoms with E-state index in [1.165, 1.54) is 42.4 Å². The van der Waals surface area contributed by atoms with Gasteiger partial charge in [-0.05, 0) is 50.4 Å². The van der Waals surface area contributed by atoms with Gasteiger partial charge in [-0.25, -0.2) is 18.4 Å². The zero-order valence-electron chi connectivity index (χ0n) is 14.2. The van der Waals surface area contributed by atoms with Gasteiger partial charge in [0.1, 0.15) is 16.6 Å². The highest BCUT2D eigenvalue weighted by atomic mass is 32.1. The highest BCUT2D eigenvalue weighted by Crippen LogP contribution is 2.27. The van der Waals surface area contributed by atoms with Crippen molar-refractivity contribution in [1.82, 2.24) is 25.3 Å². The minimum absolute atomic E-state index is 0.0842. The summed E-state index contributed by atoms with van der Waals surface area (Å²) in [4.78, 5) is 4.36. The van der Waals surface area contributed by atoms with Crippen molar-refractivity contribution < 1.29 is 8.78 Å². The summed E-state index contributed by atoms with van der Waals surface area (Å²) in [7, 11) is 0. The van der Waals surface area contributed by atoms with Gasteiger partial charge in [-0.15, -0.1) is 16.4 Å². The molecule has 1 N–H and O–H groups in total. The third-order valence-electron chi connectivity index (χ3n) is 4.55. The Hall–Kier alpha value is -2.19. The van der Waals surface area contributed by atoms with E-state index in [1.807, 2.05) is 6.20 Å². The molecule has 8 heteroatoms. The van der Waals surface area contributed by atoms with Gasteiger partial charge in [0.25, 0.3) is 0 Å². The Kier molecular flexibility index (Phi) is 5.03. The summed E-state index contributed by atoms with van der Waals surface area (Å²) in [5.41, 5.74) is 1.20. The van der Waals surface area contributed by atoms with Crippen molar-refractivity contribution in [1.29, 1.82) is 0 Å². The lowest BCUT2D eigenvalue weighted by atomic mass is 9.95. The molecule has 1 aliphatic heterocycles. The van der Waals surface area contributed by atoms with Gasteiger partial charge in [0, 0.05) is 11.6 Å². The van der Waals surface area contributed by atoms with E-state index < -0.39 is 11.6 Å². The minimum atomic E-state index is -0.606. The zero-order valence-corrected chi connectivity index (χ0v) is 15.0. The molecule has 26 heavy (non-hydrogen) atoms. The highest BCUT2D eigenvalue weighted by Gasteiger charge is 2.17. The van der Waals surface area contributed by atoms with Gasteiger partial charge >= 0.3 is 0 Å². The molecule has 1 fully saturated rings. The van der Waals surface area contributed by atoms with Gasteiger partial charge in [0.2, 0.25) is 0 Å². The Morgan fingerprint density at radius 1 is 1.27 bits per heavy atom. The fourth-order valence-corrected chi connectivity index (χ4v) is 4.06. The number of hydrogen-bond acceptors (Lipinski definition) is 5. The van der Waals surface area contributed by atoms with Crippen molar-refractivity contribution in [3.63, 3.8) is 0 Å². The van der Waals surface area contributed by atoms with E-state index in [0.717, 1.165) is 30.2 Å². The van der Waals surface area contributed by atoms with Crippen molar-refractivity contribution in [3.8, 4) is 11.3 Å². The van der Waals surface area contributed by atoms with Crippen LogP contribution in [0.2, 0.25) is 0 Å². The number of nitrogens with one attached hydrogen (secondary N) is 1. The van der Waals surface area contributed by atoms with Crippen LogP contribution in [-0.2, 0) is 13.0 Å². The van der Waals surface area contributed by atoms with Gasteiger partial charge in [-0.2, -0.15) is 0 Å². The molecule has 0 amide bonds. The van der Waals surface area contributed by atoms with Gasteiger partial charge in [0.05, 0.1) is 23.5 Å². The van der Waals surface area contributed by atoms with Crippen LogP contribution >= 0.6 is 11.3 Å². The van der Waals surface area contributed by atoms with Crippen LogP contribution in [0.25, 0.3) is 11.3 Å². The molecule has 136 valence electrons. The van der Waals surface area contributed by atoms with Gasteiger partial charge in [-0.1, -0.05) is 11.3 Å². The maximum absolute atomic E-state index is 13.9. The number of rotatable bonds is 5. The maximum Gasteiger partial charge on any atom is 0.135 e. The Labute approximate surface area is 154 Å². The second kappa shape index (κ2) is 7.59. The van der Waals surface area contributed by atoms with E-state index in [4.69, 9.17) is 0 Å². The van der Waals surface area contributed by atoms with E-state index >= 15 is 0 Å². The normalized spacial score (nSPS) is 17.5. The Balaban J connectivity index is 1.44. The summed E-state index contributed by atoms with van der Waals surface area (Å²) in [5.74, 6) is -0.610. The van der Waals surface area contributed by atoms with Gasteiger partial charge < -0.3 is 5.32 Å². The van der Waals surface area contributed by atoms with Crippen LogP contribution in [0.5, 0.6) is 0 Å². The third kappa shape index (κ3) is 3.81. The zero-order chi connectivity index (χ0) is 17.9. The molecule has 0 spiro atoms. The minimum Gasteiger partial charge on any atom is -0.316 e. The summed E-state index contributed by atoms with van der Waals surface area (Å²) in [5, 5.41) is 14.2. The third-order valence-corrected chi connectivity index (χ3v) is 5.38. The van der Waals surface area contributed by atoms with Crippen molar-refractivity contribution >= 4 is 11.3 Å². The van der Waals surface area contributed by atoms with Crippen LogP contribution in [0.15, 0.2) is 29.8 Å². The fraction of sp³-hybridized carbons (Fsp3) is 0.389. The molecule has 5 nitrogen and oxygen atoms in total. The van der Waals surface area contributed by atoms with Crippen molar-refractivity contribution in [2.45, 2.75) is 25.8 Å². The van der Waals surface area contributed by atoms with E-state index in [1.54, 1.807) is 10.1 Å². The number of benzene rings is 1. The van der Waals surface area contributed by atoms with Crippen molar-refractivity contribution in [2.24, 2.45) is 5.92 Å². The second-order valence-corrected chi connectivity index (χ2v) is 7.49.